The Bertz CT molecular complexity index is 427. The Kier molecular flexibility index (Phi) is 2.55. The third-order valence-electron chi connectivity index (χ3n) is 5.28. The van der Waals surface area contributed by atoms with Gasteiger partial charge in [-0.1, -0.05) is 36.3 Å². The van der Waals surface area contributed by atoms with Gasteiger partial charge in [-0.05, 0) is 51.1 Å². The first-order chi connectivity index (χ1) is 8.14. The van der Waals surface area contributed by atoms with Crippen molar-refractivity contribution in [3.8, 4) is 0 Å². The summed E-state index contributed by atoms with van der Waals surface area (Å²) in [5, 5.41) is 3.55. The molecule has 3 aliphatic rings. The first-order valence-corrected chi connectivity index (χ1v) is 6.93. The van der Waals surface area contributed by atoms with Crippen LogP contribution >= 0.6 is 0 Å². The van der Waals surface area contributed by atoms with Crippen LogP contribution in [-0.2, 0) is 0 Å². The quantitative estimate of drug-likeness (QED) is 0.724. The van der Waals surface area contributed by atoms with E-state index in [-0.39, 0.29) is 0 Å². The highest BCUT2D eigenvalue weighted by Crippen LogP contribution is 2.49. The van der Waals surface area contributed by atoms with E-state index in [0.29, 0.717) is 5.54 Å². The van der Waals surface area contributed by atoms with Crippen molar-refractivity contribution in [3.63, 3.8) is 0 Å². The Morgan fingerprint density at radius 1 is 1.41 bits per heavy atom. The van der Waals surface area contributed by atoms with Gasteiger partial charge in [0.1, 0.15) is 0 Å². The highest BCUT2D eigenvalue weighted by atomic mass is 14.9. The molecular formula is C16H23N. The fourth-order valence-electron chi connectivity index (χ4n) is 3.76. The monoisotopic (exact) mass is 229 g/mol. The highest BCUT2D eigenvalue weighted by molar-refractivity contribution is 5.51. The minimum Gasteiger partial charge on any atom is -0.314 e. The third kappa shape index (κ3) is 1.63. The van der Waals surface area contributed by atoms with E-state index >= 15 is 0 Å². The van der Waals surface area contributed by atoms with Crippen molar-refractivity contribution in [2.75, 3.05) is 7.05 Å². The van der Waals surface area contributed by atoms with Gasteiger partial charge in [-0.15, -0.1) is 0 Å². The molecule has 0 aromatic heterocycles. The number of rotatable bonds is 1. The number of hydrogen-bond donors (Lipinski definition) is 1. The summed E-state index contributed by atoms with van der Waals surface area (Å²) in [5.74, 6) is 1.53. The Labute approximate surface area is 105 Å². The maximum atomic E-state index is 3.55. The average molecular weight is 229 g/mol. The number of allylic oxidation sites excluding steroid dienone is 5. The van der Waals surface area contributed by atoms with E-state index in [1.165, 1.54) is 31.3 Å². The summed E-state index contributed by atoms with van der Waals surface area (Å²) in [6, 6.07) is 0. The normalized spacial score (nSPS) is 40.1. The molecule has 1 nitrogen and oxygen atoms in total. The molecule has 0 bridgehead atoms. The van der Waals surface area contributed by atoms with Gasteiger partial charge < -0.3 is 5.32 Å². The summed E-state index contributed by atoms with van der Waals surface area (Å²) in [5.41, 5.74) is 5.23. The van der Waals surface area contributed by atoms with Gasteiger partial charge in [-0.25, -0.2) is 0 Å². The molecule has 1 heteroatoms. The molecule has 0 spiro atoms. The van der Waals surface area contributed by atoms with Gasteiger partial charge in [0, 0.05) is 11.5 Å². The summed E-state index contributed by atoms with van der Waals surface area (Å²) in [6.07, 6.45) is 12.2. The van der Waals surface area contributed by atoms with Crippen molar-refractivity contribution < 1.29 is 0 Å². The summed E-state index contributed by atoms with van der Waals surface area (Å²) in [7, 11) is 2.11. The molecule has 0 heterocycles. The molecule has 0 radical (unpaired) electrons. The zero-order valence-electron chi connectivity index (χ0n) is 11.2. The molecule has 3 aliphatic carbocycles. The van der Waals surface area contributed by atoms with Crippen molar-refractivity contribution in [2.45, 2.75) is 45.1 Å². The van der Waals surface area contributed by atoms with Gasteiger partial charge in [0.2, 0.25) is 0 Å². The van der Waals surface area contributed by atoms with Crippen LogP contribution in [0.15, 0.2) is 34.9 Å². The fraction of sp³-hybridized carbons (Fsp3) is 0.625. The topological polar surface area (TPSA) is 12.0 Å². The van der Waals surface area contributed by atoms with Crippen LogP contribution in [0.3, 0.4) is 0 Å². The van der Waals surface area contributed by atoms with Crippen LogP contribution in [0.25, 0.3) is 0 Å². The van der Waals surface area contributed by atoms with Gasteiger partial charge in [0.25, 0.3) is 0 Å². The van der Waals surface area contributed by atoms with Crippen molar-refractivity contribution in [1.82, 2.24) is 5.32 Å². The maximum absolute atomic E-state index is 3.55. The molecule has 17 heavy (non-hydrogen) atoms. The first kappa shape index (κ1) is 11.3. The fourth-order valence-corrected chi connectivity index (χ4v) is 3.76. The highest BCUT2D eigenvalue weighted by Gasteiger charge is 2.42. The molecule has 1 N–H and O–H groups in total. The summed E-state index contributed by atoms with van der Waals surface area (Å²) in [6.45, 7) is 4.78. The Hall–Kier alpha value is -0.820. The molecule has 92 valence electrons. The van der Waals surface area contributed by atoms with Crippen LogP contribution in [0.2, 0.25) is 0 Å². The van der Waals surface area contributed by atoms with E-state index in [4.69, 9.17) is 0 Å². The van der Waals surface area contributed by atoms with Crippen molar-refractivity contribution in [1.29, 1.82) is 0 Å². The molecule has 0 amide bonds. The van der Waals surface area contributed by atoms with Crippen molar-refractivity contribution in [3.05, 3.63) is 34.9 Å². The predicted molar refractivity (Wildman–Crippen MR) is 72.8 cm³/mol. The van der Waals surface area contributed by atoms with Crippen LogP contribution in [0.5, 0.6) is 0 Å². The summed E-state index contributed by atoms with van der Waals surface area (Å²) in [4.78, 5) is 0. The Morgan fingerprint density at radius 2 is 2.24 bits per heavy atom. The van der Waals surface area contributed by atoms with Crippen molar-refractivity contribution in [2.24, 2.45) is 11.8 Å². The molecule has 0 aromatic carbocycles. The van der Waals surface area contributed by atoms with Crippen LogP contribution in [0, 0.1) is 11.8 Å². The molecule has 1 fully saturated rings. The predicted octanol–water partition coefficient (Wildman–Crippen LogP) is 3.60. The van der Waals surface area contributed by atoms with Gasteiger partial charge in [-0.3, -0.25) is 0 Å². The van der Waals surface area contributed by atoms with Crippen LogP contribution in [0.4, 0.5) is 0 Å². The number of nitrogens with one attached hydrogen (secondary N) is 1. The lowest BCUT2D eigenvalue weighted by Gasteiger charge is -2.44. The molecule has 1 saturated carbocycles. The second-order valence-electron chi connectivity index (χ2n) is 6.17. The minimum atomic E-state index is 0.292. The van der Waals surface area contributed by atoms with Gasteiger partial charge in [0.15, 0.2) is 0 Å². The van der Waals surface area contributed by atoms with Crippen LogP contribution in [-0.4, -0.2) is 12.6 Å². The van der Waals surface area contributed by atoms with E-state index in [0.717, 1.165) is 11.8 Å². The van der Waals surface area contributed by atoms with Crippen LogP contribution in [0.1, 0.15) is 39.5 Å². The molecule has 3 atom stereocenters. The molecule has 3 rings (SSSR count). The molecule has 0 saturated heterocycles. The first-order valence-electron chi connectivity index (χ1n) is 6.93. The summed E-state index contributed by atoms with van der Waals surface area (Å²) < 4.78 is 0. The van der Waals surface area contributed by atoms with Gasteiger partial charge >= 0.3 is 0 Å². The van der Waals surface area contributed by atoms with E-state index in [9.17, 15) is 0 Å². The minimum absolute atomic E-state index is 0.292. The van der Waals surface area contributed by atoms with E-state index < -0.39 is 0 Å². The van der Waals surface area contributed by atoms with Gasteiger partial charge in [-0.2, -0.15) is 0 Å². The summed E-state index contributed by atoms with van der Waals surface area (Å²) >= 11 is 0. The standard InChI is InChI=1S/C16H23N/c1-11-8-15-13(10-16(11,2)17-3)9-12-6-4-5-7-14(12)15/h4,6,9,11,15,17H,5,7-8,10H2,1-3H3. The molecular weight excluding hydrogens is 206 g/mol. The molecule has 0 aromatic rings. The smallest absolute Gasteiger partial charge is 0.0213 e. The second kappa shape index (κ2) is 3.84. The van der Waals surface area contributed by atoms with Gasteiger partial charge in [0.05, 0.1) is 0 Å². The lowest BCUT2D eigenvalue weighted by molar-refractivity contribution is 0.197. The lowest BCUT2D eigenvalue weighted by Crippen LogP contribution is -2.49. The number of fused-ring (bicyclic) bond motifs is 2. The van der Waals surface area contributed by atoms with E-state index in [1.54, 1.807) is 11.1 Å². The van der Waals surface area contributed by atoms with E-state index in [2.05, 4.69) is 44.4 Å². The van der Waals surface area contributed by atoms with Crippen molar-refractivity contribution >= 4 is 0 Å². The zero-order chi connectivity index (χ0) is 12.0. The Balaban J connectivity index is 1.91. The largest absolute Gasteiger partial charge is 0.314 e. The SMILES string of the molecule is CNC1(C)CC2=CC3=C(CCC=C3)C2CC1C. The molecule has 3 unspecified atom stereocenters. The van der Waals surface area contributed by atoms with Crippen LogP contribution < -0.4 is 5.32 Å². The lowest BCUT2D eigenvalue weighted by atomic mass is 9.67. The Morgan fingerprint density at radius 3 is 3.00 bits per heavy atom. The second-order valence-corrected chi connectivity index (χ2v) is 6.17. The van der Waals surface area contributed by atoms with E-state index in [1.807, 2.05) is 0 Å². The maximum Gasteiger partial charge on any atom is 0.0213 e. The molecule has 0 aliphatic heterocycles. The third-order valence-corrected chi connectivity index (χ3v) is 5.28. The number of hydrogen-bond acceptors (Lipinski definition) is 1. The average Bonchev–Trinajstić information content (AvgIpc) is 2.67. The zero-order valence-corrected chi connectivity index (χ0v) is 11.2.